The Morgan fingerprint density at radius 2 is 1.82 bits per heavy atom. The SMILES string of the molecule is C.C.NCNC(=O)CC(=O)O. The second-order valence-electron chi connectivity index (χ2n) is 1.37. The second kappa shape index (κ2) is 8.90. The van der Waals surface area contributed by atoms with E-state index in [2.05, 4.69) is 5.32 Å². The normalized spacial score (nSPS) is 7.00. The highest BCUT2D eigenvalue weighted by Gasteiger charge is 2.03. The molecule has 0 aliphatic rings. The molecule has 5 nitrogen and oxygen atoms in total. The minimum atomic E-state index is -1.15. The molecule has 11 heavy (non-hydrogen) atoms. The predicted molar refractivity (Wildman–Crippen MR) is 42.9 cm³/mol. The number of hydrogen-bond acceptors (Lipinski definition) is 3. The van der Waals surface area contributed by atoms with Crippen molar-refractivity contribution in [1.29, 1.82) is 0 Å². The molecule has 4 N–H and O–H groups in total. The van der Waals surface area contributed by atoms with Crippen molar-refractivity contribution in [2.75, 3.05) is 6.67 Å². The summed E-state index contributed by atoms with van der Waals surface area (Å²) >= 11 is 0. The number of amides is 1. The van der Waals surface area contributed by atoms with Crippen molar-refractivity contribution in [3.8, 4) is 0 Å². The number of carboxylic acid groups (broad SMARTS) is 1. The van der Waals surface area contributed by atoms with E-state index in [1.165, 1.54) is 0 Å². The molecule has 0 radical (unpaired) electrons. The summed E-state index contributed by atoms with van der Waals surface area (Å²) in [5, 5.41) is 10.1. The van der Waals surface area contributed by atoms with Crippen molar-refractivity contribution in [2.24, 2.45) is 5.73 Å². The lowest BCUT2D eigenvalue weighted by Crippen LogP contribution is -2.30. The van der Waals surface area contributed by atoms with Gasteiger partial charge in [-0.05, 0) is 0 Å². The van der Waals surface area contributed by atoms with Crippen LogP contribution in [0.2, 0.25) is 0 Å². The summed E-state index contributed by atoms with van der Waals surface area (Å²) < 4.78 is 0. The fourth-order valence-electron chi connectivity index (χ4n) is 0.314. The van der Waals surface area contributed by atoms with Crippen LogP contribution in [0.4, 0.5) is 0 Å². The molecule has 0 spiro atoms. The molecule has 0 fully saturated rings. The first-order valence-electron chi connectivity index (χ1n) is 2.35. The van der Waals surface area contributed by atoms with E-state index in [9.17, 15) is 9.59 Å². The van der Waals surface area contributed by atoms with Gasteiger partial charge in [0.15, 0.2) is 0 Å². The first kappa shape index (κ1) is 16.5. The molecule has 0 rings (SSSR count). The van der Waals surface area contributed by atoms with Gasteiger partial charge in [-0.3, -0.25) is 9.59 Å². The van der Waals surface area contributed by atoms with Crippen LogP contribution in [0.1, 0.15) is 21.3 Å². The Labute approximate surface area is 66.6 Å². The minimum absolute atomic E-state index is 0. The third-order valence-electron chi connectivity index (χ3n) is 0.611. The summed E-state index contributed by atoms with van der Waals surface area (Å²) in [7, 11) is 0. The van der Waals surface area contributed by atoms with Gasteiger partial charge >= 0.3 is 5.97 Å². The van der Waals surface area contributed by atoms with Crippen molar-refractivity contribution >= 4 is 11.9 Å². The summed E-state index contributed by atoms with van der Waals surface area (Å²) in [6.07, 6.45) is -0.517. The van der Waals surface area contributed by atoms with E-state index in [0.29, 0.717) is 0 Å². The average Bonchev–Trinajstić information content (AvgIpc) is 1.63. The molecule has 0 aromatic rings. The van der Waals surface area contributed by atoms with E-state index >= 15 is 0 Å². The number of nitrogens with two attached hydrogens (primary N) is 1. The summed E-state index contributed by atoms with van der Waals surface area (Å²) in [6.45, 7) is -0.0217. The van der Waals surface area contributed by atoms with Crippen LogP contribution in [-0.4, -0.2) is 23.7 Å². The Bertz CT molecular complexity index is 125. The Morgan fingerprint density at radius 1 is 1.36 bits per heavy atom. The van der Waals surface area contributed by atoms with Crippen LogP contribution >= 0.6 is 0 Å². The van der Waals surface area contributed by atoms with Gasteiger partial charge < -0.3 is 16.2 Å². The quantitative estimate of drug-likeness (QED) is 0.396. The minimum Gasteiger partial charge on any atom is -0.481 e. The van der Waals surface area contributed by atoms with Crippen LogP contribution in [0.25, 0.3) is 0 Å². The van der Waals surface area contributed by atoms with Crippen LogP contribution in [-0.2, 0) is 9.59 Å². The van der Waals surface area contributed by atoms with Crippen LogP contribution in [0, 0.1) is 0 Å². The van der Waals surface area contributed by atoms with Gasteiger partial charge in [0.1, 0.15) is 6.42 Å². The van der Waals surface area contributed by atoms with Gasteiger partial charge in [-0.15, -0.1) is 0 Å². The lowest BCUT2D eigenvalue weighted by molar-refractivity contribution is -0.140. The first-order chi connectivity index (χ1) is 4.16. The monoisotopic (exact) mass is 164 g/mol. The Morgan fingerprint density at radius 3 is 2.09 bits per heavy atom. The van der Waals surface area contributed by atoms with Crippen molar-refractivity contribution in [2.45, 2.75) is 21.3 Å². The zero-order chi connectivity index (χ0) is 7.28. The Kier molecular flexibility index (Phi) is 13.3. The number of rotatable bonds is 3. The Balaban J connectivity index is -0.000000320. The maximum absolute atomic E-state index is 10.3. The molecular weight excluding hydrogens is 148 g/mol. The van der Waals surface area contributed by atoms with Crippen molar-refractivity contribution in [1.82, 2.24) is 5.32 Å². The van der Waals surface area contributed by atoms with Gasteiger partial charge in [0.05, 0.1) is 6.67 Å². The molecular formula is C6H16N2O3. The fraction of sp³-hybridized carbons (Fsp3) is 0.667. The molecule has 0 aromatic heterocycles. The van der Waals surface area contributed by atoms with Crippen molar-refractivity contribution in [3.05, 3.63) is 0 Å². The summed E-state index contributed by atoms with van der Waals surface area (Å²) in [4.78, 5) is 20.1. The van der Waals surface area contributed by atoms with Crippen molar-refractivity contribution < 1.29 is 14.7 Å². The molecule has 0 aliphatic heterocycles. The van der Waals surface area contributed by atoms with Gasteiger partial charge in [0.2, 0.25) is 5.91 Å². The summed E-state index contributed by atoms with van der Waals surface area (Å²) in [6, 6.07) is 0. The standard InChI is InChI=1S/C4H8N2O3.2CH4/c5-2-6-3(7)1-4(8)9;;/h1-2,5H2,(H,6,7)(H,8,9);2*1H4. The topological polar surface area (TPSA) is 92.4 Å². The average molecular weight is 164 g/mol. The van der Waals surface area contributed by atoms with Gasteiger partial charge in [0.25, 0.3) is 0 Å². The highest BCUT2D eigenvalue weighted by atomic mass is 16.4. The molecule has 0 saturated heterocycles. The van der Waals surface area contributed by atoms with Crippen LogP contribution in [0.15, 0.2) is 0 Å². The predicted octanol–water partition coefficient (Wildman–Crippen LogP) is -0.234. The lowest BCUT2D eigenvalue weighted by Gasteiger charge is -1.95. The molecule has 0 heterocycles. The van der Waals surface area contributed by atoms with Gasteiger partial charge in [-0.1, -0.05) is 14.9 Å². The molecule has 1 amide bonds. The highest BCUT2D eigenvalue weighted by Crippen LogP contribution is 1.75. The van der Waals surface area contributed by atoms with Gasteiger partial charge in [-0.2, -0.15) is 0 Å². The van der Waals surface area contributed by atoms with Crippen LogP contribution in [0.5, 0.6) is 0 Å². The third-order valence-corrected chi connectivity index (χ3v) is 0.611. The number of hydrogen-bond donors (Lipinski definition) is 3. The molecule has 0 unspecified atom stereocenters. The molecule has 0 aromatic carbocycles. The van der Waals surface area contributed by atoms with E-state index in [1.54, 1.807) is 0 Å². The zero-order valence-electron chi connectivity index (χ0n) is 4.76. The van der Waals surface area contributed by atoms with E-state index in [-0.39, 0.29) is 21.5 Å². The summed E-state index contributed by atoms with van der Waals surface area (Å²) in [5.41, 5.74) is 4.88. The molecule has 0 saturated carbocycles. The van der Waals surface area contributed by atoms with Gasteiger partial charge in [-0.25, -0.2) is 0 Å². The third kappa shape index (κ3) is 12.2. The second-order valence-corrected chi connectivity index (χ2v) is 1.37. The van der Waals surface area contributed by atoms with E-state index < -0.39 is 18.3 Å². The Hall–Kier alpha value is -1.10. The van der Waals surface area contributed by atoms with Gasteiger partial charge in [0, 0.05) is 0 Å². The zero-order valence-corrected chi connectivity index (χ0v) is 4.76. The molecule has 0 aliphatic carbocycles. The lowest BCUT2D eigenvalue weighted by atomic mass is 10.4. The highest BCUT2D eigenvalue weighted by molar-refractivity contribution is 5.93. The smallest absolute Gasteiger partial charge is 0.312 e. The van der Waals surface area contributed by atoms with E-state index in [4.69, 9.17) is 10.8 Å². The maximum Gasteiger partial charge on any atom is 0.312 e. The number of carbonyl (C=O) groups is 2. The number of carbonyl (C=O) groups excluding carboxylic acids is 1. The number of aliphatic carboxylic acids is 1. The maximum atomic E-state index is 10.3. The number of carboxylic acids is 1. The molecule has 0 atom stereocenters. The van der Waals surface area contributed by atoms with E-state index in [1.807, 2.05) is 0 Å². The first-order valence-corrected chi connectivity index (χ1v) is 2.35. The van der Waals surface area contributed by atoms with Crippen LogP contribution in [0.3, 0.4) is 0 Å². The fourth-order valence-corrected chi connectivity index (χ4v) is 0.314. The van der Waals surface area contributed by atoms with Crippen LogP contribution < -0.4 is 11.1 Å². The molecule has 68 valence electrons. The van der Waals surface area contributed by atoms with Crippen molar-refractivity contribution in [3.63, 3.8) is 0 Å². The largest absolute Gasteiger partial charge is 0.481 e. The molecule has 5 heteroatoms. The molecule has 0 bridgehead atoms. The number of nitrogens with one attached hydrogen (secondary N) is 1. The van der Waals surface area contributed by atoms with E-state index in [0.717, 1.165) is 0 Å². The summed E-state index contributed by atoms with van der Waals surface area (Å²) in [5.74, 6) is -1.72.